The number of carbonyl (C=O) groups excluding carboxylic acids is 1. The summed E-state index contributed by atoms with van der Waals surface area (Å²) in [4.78, 5) is 20.8. The van der Waals surface area contributed by atoms with E-state index in [1.165, 1.54) is 0 Å². The Morgan fingerprint density at radius 1 is 1.67 bits per heavy atom. The lowest BCUT2D eigenvalue weighted by molar-refractivity contribution is -0.480. The summed E-state index contributed by atoms with van der Waals surface area (Å²) in [6.45, 7) is 1.60. The second kappa shape index (κ2) is 5.44. The minimum Gasteiger partial charge on any atom is -0.299 e. The van der Waals surface area contributed by atoms with E-state index in [9.17, 15) is 14.9 Å². The van der Waals surface area contributed by atoms with E-state index in [0.717, 1.165) is 18.4 Å². The Morgan fingerprint density at radius 3 is 2.87 bits per heavy atom. The summed E-state index contributed by atoms with van der Waals surface area (Å²) in [5, 5.41) is 10.1. The highest BCUT2D eigenvalue weighted by Crippen LogP contribution is 2.20. The first-order valence-corrected chi connectivity index (χ1v) is 5.09. The third-order valence-corrected chi connectivity index (χ3v) is 2.50. The molecule has 4 heteroatoms. The summed E-state index contributed by atoms with van der Waals surface area (Å²) < 4.78 is 0. The van der Waals surface area contributed by atoms with Crippen LogP contribution in [0, 0.1) is 16.0 Å². The molecule has 0 aromatic carbocycles. The average molecular weight is 209 g/mol. The van der Waals surface area contributed by atoms with Crippen molar-refractivity contribution in [1.82, 2.24) is 0 Å². The van der Waals surface area contributed by atoms with Crippen molar-refractivity contribution in [2.24, 2.45) is 5.92 Å². The Bertz CT molecular complexity index is 318. The molecule has 0 fully saturated rings. The largest absolute Gasteiger partial charge is 0.299 e. The van der Waals surface area contributed by atoms with Crippen LogP contribution in [0.1, 0.15) is 26.2 Å². The fourth-order valence-corrected chi connectivity index (χ4v) is 1.56. The molecule has 0 aliphatic heterocycles. The molecule has 0 amide bonds. The number of carbonyl (C=O) groups is 1. The Hall–Kier alpha value is -1.45. The van der Waals surface area contributed by atoms with Crippen molar-refractivity contribution >= 4 is 5.78 Å². The molecular formula is C11H15NO3. The maximum absolute atomic E-state index is 11.0. The van der Waals surface area contributed by atoms with Crippen molar-refractivity contribution in [3.63, 3.8) is 0 Å². The van der Waals surface area contributed by atoms with E-state index in [1.54, 1.807) is 6.92 Å². The van der Waals surface area contributed by atoms with Crippen molar-refractivity contribution in [3.8, 4) is 0 Å². The average Bonchev–Trinajstić information content (AvgIpc) is 2.18. The van der Waals surface area contributed by atoms with Gasteiger partial charge in [0, 0.05) is 17.3 Å². The minimum absolute atomic E-state index is 0.00395. The maximum Gasteiger partial charge on any atom is 0.204 e. The van der Waals surface area contributed by atoms with Gasteiger partial charge in [-0.25, -0.2) is 0 Å². The van der Waals surface area contributed by atoms with Crippen molar-refractivity contribution in [3.05, 3.63) is 33.9 Å². The summed E-state index contributed by atoms with van der Waals surface area (Å²) in [6, 6.07) is 0. The molecule has 0 saturated carbocycles. The second-order valence-corrected chi connectivity index (χ2v) is 3.75. The topological polar surface area (TPSA) is 60.2 Å². The molecule has 1 aliphatic carbocycles. The molecule has 1 rings (SSSR count). The lowest BCUT2D eigenvalue weighted by Gasteiger charge is -2.12. The molecule has 0 bridgehead atoms. The fraction of sp³-hybridized carbons (Fsp3) is 0.545. The molecule has 0 aromatic heterocycles. The van der Waals surface area contributed by atoms with Gasteiger partial charge in [-0.15, -0.1) is 0 Å². The molecule has 0 aromatic rings. The molecule has 1 unspecified atom stereocenters. The van der Waals surface area contributed by atoms with Crippen LogP contribution in [0.3, 0.4) is 0 Å². The second-order valence-electron chi connectivity index (χ2n) is 3.75. The van der Waals surface area contributed by atoms with Gasteiger partial charge in [0.05, 0.1) is 0 Å². The lowest BCUT2D eigenvalue weighted by Crippen LogP contribution is -2.09. The molecule has 1 atom stereocenters. The van der Waals surface area contributed by atoms with Crippen LogP contribution >= 0.6 is 0 Å². The Kier molecular flexibility index (Phi) is 4.21. The van der Waals surface area contributed by atoms with Crippen LogP contribution in [0.5, 0.6) is 0 Å². The molecule has 82 valence electrons. The number of allylic oxidation sites excluding steroid dienone is 4. The monoisotopic (exact) mass is 209 g/mol. The Labute approximate surface area is 88.8 Å². The van der Waals surface area contributed by atoms with Crippen molar-refractivity contribution in [1.29, 1.82) is 0 Å². The van der Waals surface area contributed by atoms with Gasteiger partial charge in [0.15, 0.2) is 0 Å². The highest BCUT2D eigenvalue weighted by Gasteiger charge is 2.12. The summed E-state index contributed by atoms with van der Waals surface area (Å²) in [7, 11) is 0. The van der Waals surface area contributed by atoms with E-state index >= 15 is 0 Å². The smallest absolute Gasteiger partial charge is 0.204 e. The van der Waals surface area contributed by atoms with Crippen LogP contribution in [0.4, 0.5) is 0 Å². The van der Waals surface area contributed by atoms with Crippen LogP contribution in [0.2, 0.25) is 0 Å². The van der Waals surface area contributed by atoms with Crippen LogP contribution < -0.4 is 0 Å². The summed E-state index contributed by atoms with van der Waals surface area (Å²) in [6.07, 6.45) is 7.83. The first-order chi connectivity index (χ1) is 7.09. The number of Topliss-reactive ketones (excluding diaryl/α,β-unsaturated/α-hetero) is 1. The van der Waals surface area contributed by atoms with Crippen molar-refractivity contribution in [2.45, 2.75) is 26.2 Å². The zero-order valence-electron chi connectivity index (χ0n) is 8.81. The summed E-state index contributed by atoms with van der Waals surface area (Å²) in [5.41, 5.74) is 1.11. The highest BCUT2D eigenvalue weighted by molar-refractivity contribution is 5.80. The SMILES string of the molecule is CC(=O)C1C=CC(CCC[N+](=O)[O-])=CC1. The molecule has 15 heavy (non-hydrogen) atoms. The minimum atomic E-state index is -0.300. The molecule has 0 N–H and O–H groups in total. The Balaban J connectivity index is 2.32. The third-order valence-electron chi connectivity index (χ3n) is 2.50. The predicted octanol–water partition coefficient (Wildman–Crippen LogP) is 2.13. The van der Waals surface area contributed by atoms with Gasteiger partial charge in [-0.05, 0) is 19.8 Å². The summed E-state index contributed by atoms with van der Waals surface area (Å²) in [5.74, 6) is 0.177. The molecule has 4 nitrogen and oxygen atoms in total. The molecule has 1 aliphatic rings. The number of ketones is 1. The van der Waals surface area contributed by atoms with Gasteiger partial charge in [0.2, 0.25) is 6.54 Å². The number of nitrogens with zero attached hydrogens (tertiary/aromatic N) is 1. The molecule has 0 heterocycles. The van der Waals surface area contributed by atoms with E-state index in [0.29, 0.717) is 6.42 Å². The molecule has 0 spiro atoms. The number of hydrogen-bond acceptors (Lipinski definition) is 3. The van der Waals surface area contributed by atoms with Gasteiger partial charge in [0.25, 0.3) is 0 Å². The normalized spacial score (nSPS) is 19.8. The van der Waals surface area contributed by atoms with E-state index in [-0.39, 0.29) is 23.2 Å². The van der Waals surface area contributed by atoms with Gasteiger partial charge in [-0.2, -0.15) is 0 Å². The summed E-state index contributed by atoms with van der Waals surface area (Å²) >= 11 is 0. The predicted molar refractivity (Wildman–Crippen MR) is 57.1 cm³/mol. The number of rotatable bonds is 5. The quantitative estimate of drug-likeness (QED) is 0.514. The third kappa shape index (κ3) is 4.06. The van der Waals surface area contributed by atoms with Crippen molar-refractivity contribution in [2.75, 3.05) is 6.54 Å². The van der Waals surface area contributed by atoms with Gasteiger partial charge in [-0.1, -0.05) is 23.8 Å². The van der Waals surface area contributed by atoms with E-state index in [4.69, 9.17) is 0 Å². The molecule has 0 radical (unpaired) electrons. The lowest BCUT2D eigenvalue weighted by atomic mass is 9.92. The first kappa shape index (κ1) is 11.6. The highest BCUT2D eigenvalue weighted by atomic mass is 16.6. The van der Waals surface area contributed by atoms with E-state index < -0.39 is 0 Å². The fourth-order valence-electron chi connectivity index (χ4n) is 1.56. The first-order valence-electron chi connectivity index (χ1n) is 5.09. The maximum atomic E-state index is 11.0. The van der Waals surface area contributed by atoms with E-state index in [2.05, 4.69) is 0 Å². The molecular weight excluding hydrogens is 194 g/mol. The van der Waals surface area contributed by atoms with Crippen molar-refractivity contribution < 1.29 is 9.72 Å². The van der Waals surface area contributed by atoms with Crippen LogP contribution in [0.25, 0.3) is 0 Å². The number of hydrogen-bond donors (Lipinski definition) is 0. The zero-order chi connectivity index (χ0) is 11.3. The van der Waals surface area contributed by atoms with Gasteiger partial charge in [-0.3, -0.25) is 14.9 Å². The Morgan fingerprint density at radius 2 is 2.40 bits per heavy atom. The molecule has 0 saturated heterocycles. The van der Waals surface area contributed by atoms with Crippen LogP contribution in [-0.2, 0) is 4.79 Å². The zero-order valence-corrected chi connectivity index (χ0v) is 8.81. The standard InChI is InChI=1S/C11H15NO3/c1-9(13)11-6-4-10(5-7-11)3-2-8-12(14)15/h4-6,11H,2-3,7-8H2,1H3. The van der Waals surface area contributed by atoms with Crippen LogP contribution in [0.15, 0.2) is 23.8 Å². The van der Waals surface area contributed by atoms with Gasteiger partial charge < -0.3 is 0 Å². The van der Waals surface area contributed by atoms with Gasteiger partial charge in [0.1, 0.15) is 5.78 Å². The van der Waals surface area contributed by atoms with Crippen LogP contribution in [-0.4, -0.2) is 17.3 Å². The number of nitro groups is 1. The van der Waals surface area contributed by atoms with Gasteiger partial charge >= 0.3 is 0 Å². The van der Waals surface area contributed by atoms with E-state index in [1.807, 2.05) is 18.2 Å².